The molecule has 0 radical (unpaired) electrons. The number of aromatic nitrogens is 3. The van der Waals surface area contributed by atoms with Gasteiger partial charge in [0.1, 0.15) is 6.61 Å². The van der Waals surface area contributed by atoms with E-state index in [1.54, 1.807) is 0 Å². The van der Waals surface area contributed by atoms with Gasteiger partial charge in [-0.25, -0.2) is 9.48 Å². The first-order valence-corrected chi connectivity index (χ1v) is 5.74. The van der Waals surface area contributed by atoms with Crippen LogP contribution >= 0.6 is 0 Å². The maximum atomic E-state index is 10.7. The van der Waals surface area contributed by atoms with Gasteiger partial charge >= 0.3 is 5.97 Å². The summed E-state index contributed by atoms with van der Waals surface area (Å²) in [4.78, 5) is 10.7. The summed E-state index contributed by atoms with van der Waals surface area (Å²) in [6.45, 7) is 0.772. The lowest BCUT2D eigenvalue weighted by molar-refractivity contribution is 0.0689. The second-order valence-corrected chi connectivity index (χ2v) is 4.13. The number of ether oxygens (including phenoxy) is 2. The monoisotopic (exact) mass is 261 g/mol. The van der Waals surface area contributed by atoms with Gasteiger partial charge in [0.25, 0.3) is 0 Å². The molecule has 19 heavy (non-hydrogen) atoms. The lowest BCUT2D eigenvalue weighted by Gasteiger charge is -2.26. The summed E-state index contributed by atoms with van der Waals surface area (Å²) in [5.41, 5.74) is -0.0860. The van der Waals surface area contributed by atoms with Crippen LogP contribution in [0.25, 0.3) is 0 Å². The molecule has 0 saturated carbocycles. The van der Waals surface area contributed by atoms with E-state index in [1.807, 2.05) is 24.3 Å². The highest BCUT2D eigenvalue weighted by molar-refractivity contribution is 5.84. The van der Waals surface area contributed by atoms with Crippen LogP contribution < -0.4 is 9.47 Å². The molecule has 2 aromatic rings. The van der Waals surface area contributed by atoms with E-state index < -0.39 is 5.97 Å². The Balaban J connectivity index is 1.70. The van der Waals surface area contributed by atoms with E-state index in [1.165, 1.54) is 10.9 Å². The smallest absolute Gasteiger partial charge is 0.358 e. The number of hydrogen-bond acceptors (Lipinski definition) is 5. The Hall–Kier alpha value is -2.57. The Bertz CT molecular complexity index is 611. The Labute approximate surface area is 108 Å². The summed E-state index contributed by atoms with van der Waals surface area (Å²) in [6, 6.07) is 7.40. The Kier molecular flexibility index (Phi) is 2.79. The number of para-hydroxylation sites is 2. The third kappa shape index (κ3) is 2.35. The van der Waals surface area contributed by atoms with Crippen LogP contribution in [0.3, 0.4) is 0 Å². The second-order valence-electron chi connectivity index (χ2n) is 4.13. The molecule has 98 valence electrons. The predicted octanol–water partition coefficient (Wildman–Crippen LogP) is 0.816. The van der Waals surface area contributed by atoms with Crippen LogP contribution in [0.4, 0.5) is 0 Å². The number of carboxylic acid groups (broad SMARTS) is 1. The molecule has 1 aliphatic rings. The van der Waals surface area contributed by atoms with Crippen LogP contribution in [0.5, 0.6) is 11.5 Å². The van der Waals surface area contributed by atoms with Gasteiger partial charge in [-0.1, -0.05) is 17.3 Å². The average molecular weight is 261 g/mol. The fourth-order valence-electron chi connectivity index (χ4n) is 1.85. The van der Waals surface area contributed by atoms with Gasteiger partial charge in [-0.05, 0) is 12.1 Å². The van der Waals surface area contributed by atoms with Crippen molar-refractivity contribution in [2.24, 2.45) is 0 Å². The number of hydrogen-bond donors (Lipinski definition) is 1. The van der Waals surface area contributed by atoms with Crippen LogP contribution in [0.15, 0.2) is 30.5 Å². The average Bonchev–Trinajstić information content (AvgIpc) is 2.87. The minimum Gasteiger partial charge on any atom is -0.486 e. The van der Waals surface area contributed by atoms with Crippen LogP contribution in [-0.2, 0) is 6.54 Å². The van der Waals surface area contributed by atoms with E-state index in [2.05, 4.69) is 10.3 Å². The quantitative estimate of drug-likeness (QED) is 0.880. The largest absolute Gasteiger partial charge is 0.486 e. The van der Waals surface area contributed by atoms with Gasteiger partial charge in [-0.2, -0.15) is 0 Å². The molecule has 0 saturated heterocycles. The lowest BCUT2D eigenvalue weighted by atomic mass is 10.2. The minimum atomic E-state index is -1.10. The number of aromatic carboxylic acids is 1. The zero-order valence-corrected chi connectivity index (χ0v) is 9.89. The van der Waals surface area contributed by atoms with E-state index in [-0.39, 0.29) is 11.8 Å². The van der Waals surface area contributed by atoms with Gasteiger partial charge < -0.3 is 14.6 Å². The van der Waals surface area contributed by atoms with Crippen LogP contribution in [0.2, 0.25) is 0 Å². The first kappa shape index (κ1) is 11.5. The molecule has 2 heterocycles. The molecular weight excluding hydrogens is 250 g/mol. The Morgan fingerprint density at radius 2 is 2.21 bits per heavy atom. The van der Waals surface area contributed by atoms with Gasteiger partial charge in [-0.15, -0.1) is 5.10 Å². The first-order valence-electron chi connectivity index (χ1n) is 5.74. The van der Waals surface area contributed by atoms with E-state index in [0.717, 1.165) is 0 Å². The third-order valence-electron chi connectivity index (χ3n) is 2.72. The zero-order chi connectivity index (χ0) is 13.2. The van der Waals surface area contributed by atoms with Crippen LogP contribution in [-0.4, -0.2) is 38.8 Å². The highest BCUT2D eigenvalue weighted by Crippen LogP contribution is 2.31. The molecule has 1 unspecified atom stereocenters. The van der Waals surface area contributed by atoms with Crippen molar-refractivity contribution in [3.8, 4) is 11.5 Å². The second kappa shape index (κ2) is 4.60. The van der Waals surface area contributed by atoms with Crippen LogP contribution in [0.1, 0.15) is 10.5 Å². The van der Waals surface area contributed by atoms with Crippen molar-refractivity contribution in [2.45, 2.75) is 12.6 Å². The third-order valence-corrected chi connectivity index (χ3v) is 2.72. The van der Waals surface area contributed by atoms with Crippen molar-refractivity contribution in [1.29, 1.82) is 0 Å². The molecule has 0 bridgehead atoms. The van der Waals surface area contributed by atoms with Gasteiger partial charge in [0.05, 0.1) is 12.7 Å². The van der Waals surface area contributed by atoms with E-state index in [4.69, 9.17) is 14.6 Å². The molecule has 1 aromatic carbocycles. The fourth-order valence-corrected chi connectivity index (χ4v) is 1.85. The van der Waals surface area contributed by atoms with Gasteiger partial charge in [0.15, 0.2) is 23.3 Å². The summed E-state index contributed by atoms with van der Waals surface area (Å²) in [7, 11) is 0. The molecule has 0 spiro atoms. The van der Waals surface area contributed by atoms with Gasteiger partial charge in [0.2, 0.25) is 0 Å². The molecule has 1 atom stereocenters. The summed E-state index contributed by atoms with van der Waals surface area (Å²) < 4.78 is 12.7. The van der Waals surface area contributed by atoms with Crippen LogP contribution in [0, 0.1) is 0 Å². The lowest BCUT2D eigenvalue weighted by Crippen LogP contribution is -2.33. The molecule has 1 aromatic heterocycles. The predicted molar refractivity (Wildman–Crippen MR) is 63.3 cm³/mol. The van der Waals surface area contributed by atoms with Crippen molar-refractivity contribution in [1.82, 2.24) is 15.0 Å². The SMILES string of the molecule is O=C(O)c1cn(CC2COc3ccccc3O2)nn1. The number of carboxylic acids is 1. The zero-order valence-electron chi connectivity index (χ0n) is 9.89. The maximum Gasteiger partial charge on any atom is 0.358 e. The van der Waals surface area contributed by atoms with Crippen molar-refractivity contribution in [2.75, 3.05) is 6.61 Å². The molecular formula is C12H11N3O4. The molecule has 0 amide bonds. The highest BCUT2D eigenvalue weighted by Gasteiger charge is 2.21. The van der Waals surface area contributed by atoms with Crippen molar-refractivity contribution >= 4 is 5.97 Å². The van der Waals surface area contributed by atoms with E-state index >= 15 is 0 Å². The topological polar surface area (TPSA) is 86.5 Å². The molecule has 1 N–H and O–H groups in total. The van der Waals surface area contributed by atoms with Crippen molar-refractivity contribution < 1.29 is 19.4 Å². The molecule has 0 fully saturated rings. The number of fused-ring (bicyclic) bond motifs is 1. The van der Waals surface area contributed by atoms with E-state index in [0.29, 0.717) is 24.7 Å². The molecule has 7 heteroatoms. The number of benzene rings is 1. The first-order chi connectivity index (χ1) is 9.22. The molecule has 3 rings (SSSR count). The molecule has 0 aliphatic carbocycles. The van der Waals surface area contributed by atoms with Crippen molar-refractivity contribution in [3.05, 3.63) is 36.2 Å². The summed E-state index contributed by atoms with van der Waals surface area (Å²) in [5, 5.41) is 16.0. The number of nitrogens with zero attached hydrogens (tertiary/aromatic N) is 3. The van der Waals surface area contributed by atoms with Gasteiger partial charge in [0, 0.05) is 0 Å². The van der Waals surface area contributed by atoms with E-state index in [9.17, 15) is 4.79 Å². The highest BCUT2D eigenvalue weighted by atomic mass is 16.6. The maximum absolute atomic E-state index is 10.7. The molecule has 1 aliphatic heterocycles. The summed E-state index contributed by atoms with van der Waals surface area (Å²) in [6.07, 6.45) is 1.14. The summed E-state index contributed by atoms with van der Waals surface area (Å²) >= 11 is 0. The summed E-state index contributed by atoms with van der Waals surface area (Å²) in [5.74, 6) is 0.290. The standard InChI is InChI=1S/C12H11N3O4/c16-12(17)9-6-15(14-13-9)5-8-7-18-10-3-1-2-4-11(10)19-8/h1-4,6,8H,5,7H2,(H,16,17). The number of rotatable bonds is 3. The van der Waals surface area contributed by atoms with Gasteiger partial charge in [-0.3, -0.25) is 0 Å². The Morgan fingerprint density at radius 1 is 1.42 bits per heavy atom. The molecule has 7 nitrogen and oxygen atoms in total. The minimum absolute atomic E-state index is 0.0860. The normalized spacial score (nSPS) is 17.2. The van der Waals surface area contributed by atoms with Crippen molar-refractivity contribution in [3.63, 3.8) is 0 Å². The Morgan fingerprint density at radius 3 is 2.95 bits per heavy atom. The fraction of sp³-hybridized carbons (Fsp3) is 0.250. The number of carbonyl (C=O) groups is 1.